The molecule has 0 N–H and O–H groups in total. The molecule has 1 rings (SSSR count). The van der Waals surface area contributed by atoms with Crippen molar-refractivity contribution in [3.8, 4) is 5.75 Å². The minimum atomic E-state index is -1.81. The molecule has 1 aromatic rings. The van der Waals surface area contributed by atoms with E-state index in [2.05, 4.69) is 33.9 Å². The molecule has 5 nitrogen and oxygen atoms in total. The molecule has 0 heterocycles. The van der Waals surface area contributed by atoms with Crippen LogP contribution in [0, 0.1) is 0 Å². The number of carbonyl (C=O) groups excluding carboxylic acids is 1. The van der Waals surface area contributed by atoms with Gasteiger partial charge in [-0.05, 0) is 41.9 Å². The second kappa shape index (κ2) is 12.2. The van der Waals surface area contributed by atoms with Crippen LogP contribution in [0.4, 0.5) is 0 Å². The van der Waals surface area contributed by atoms with Crippen molar-refractivity contribution in [2.24, 2.45) is 0 Å². The van der Waals surface area contributed by atoms with Gasteiger partial charge < -0.3 is 18.6 Å². The monoisotopic (exact) mass is 422 g/mol. The molecule has 0 aliphatic heterocycles. The average molecular weight is 423 g/mol. The van der Waals surface area contributed by atoms with Gasteiger partial charge in [0.05, 0.1) is 20.3 Å². The number of rotatable bonds is 12. The van der Waals surface area contributed by atoms with Gasteiger partial charge in [0.2, 0.25) is 0 Å². The summed E-state index contributed by atoms with van der Waals surface area (Å²) in [5.41, 5.74) is 1.08. The van der Waals surface area contributed by atoms with Crippen LogP contribution in [0.5, 0.6) is 5.75 Å². The molecule has 1 atom stereocenters. The smallest absolute Gasteiger partial charge is 0.306 e. The molecule has 0 saturated heterocycles. The van der Waals surface area contributed by atoms with E-state index in [4.69, 9.17) is 18.6 Å². The number of benzene rings is 1. The molecule has 1 aromatic carbocycles. The predicted molar refractivity (Wildman–Crippen MR) is 120 cm³/mol. The maximum absolute atomic E-state index is 11.7. The molecule has 0 spiro atoms. The molecule has 0 saturated carbocycles. The summed E-state index contributed by atoms with van der Waals surface area (Å²) in [5, 5.41) is 0.160. The Bertz CT molecular complexity index is 632. The van der Waals surface area contributed by atoms with Crippen LogP contribution in [-0.4, -0.2) is 40.7 Å². The van der Waals surface area contributed by atoms with Gasteiger partial charge in [-0.2, -0.15) is 0 Å². The van der Waals surface area contributed by atoms with Gasteiger partial charge in [0.25, 0.3) is 0 Å². The van der Waals surface area contributed by atoms with Gasteiger partial charge in [0, 0.05) is 19.4 Å². The van der Waals surface area contributed by atoms with E-state index < -0.39 is 8.32 Å². The predicted octanol–water partition coefficient (Wildman–Crippen LogP) is 5.50. The highest BCUT2D eigenvalue weighted by atomic mass is 28.4. The van der Waals surface area contributed by atoms with E-state index in [0.29, 0.717) is 32.7 Å². The number of ether oxygens (including phenoxy) is 3. The zero-order valence-electron chi connectivity index (χ0n) is 19.1. The molecular weight excluding hydrogens is 384 g/mol. The Morgan fingerprint density at radius 2 is 1.83 bits per heavy atom. The summed E-state index contributed by atoms with van der Waals surface area (Å²) in [6.07, 6.45) is 4.52. The lowest BCUT2D eigenvalue weighted by Gasteiger charge is -2.36. The van der Waals surface area contributed by atoms with Crippen LogP contribution in [0.2, 0.25) is 18.1 Å². The van der Waals surface area contributed by atoms with E-state index >= 15 is 0 Å². The van der Waals surface area contributed by atoms with Gasteiger partial charge in [0.1, 0.15) is 11.9 Å². The molecule has 29 heavy (non-hydrogen) atoms. The summed E-state index contributed by atoms with van der Waals surface area (Å²) >= 11 is 0. The van der Waals surface area contributed by atoms with Gasteiger partial charge in [-0.15, -0.1) is 0 Å². The molecule has 0 radical (unpaired) electrons. The maximum atomic E-state index is 11.7. The van der Waals surface area contributed by atoms with E-state index in [1.54, 1.807) is 14.0 Å². The van der Waals surface area contributed by atoms with Crippen molar-refractivity contribution in [2.75, 3.05) is 20.3 Å². The molecular formula is C23H38O5Si. The third-order valence-corrected chi connectivity index (χ3v) is 9.77. The first-order valence-corrected chi connectivity index (χ1v) is 13.2. The standard InChI is InChI=1S/C23H38O5Si/c1-8-22(24)28-21(15-17-27-29(6,7)23(2,3)4)10-9-16-26-18-19-11-13-20(25-5)14-12-19/h9-14,21H,8,15-18H2,1-7H3/b10-9+/t21-/m1/s1. The van der Waals surface area contributed by atoms with Crippen LogP contribution in [0.25, 0.3) is 0 Å². The molecule has 0 aliphatic carbocycles. The Hall–Kier alpha value is -1.63. The first-order valence-electron chi connectivity index (χ1n) is 10.3. The highest BCUT2D eigenvalue weighted by Crippen LogP contribution is 2.36. The van der Waals surface area contributed by atoms with Gasteiger partial charge in [0.15, 0.2) is 8.32 Å². The first kappa shape index (κ1) is 25.4. The lowest BCUT2D eigenvalue weighted by molar-refractivity contribution is -0.146. The molecule has 0 unspecified atom stereocenters. The fourth-order valence-electron chi connectivity index (χ4n) is 2.27. The molecule has 0 fully saturated rings. The van der Waals surface area contributed by atoms with E-state index in [9.17, 15) is 4.79 Å². The van der Waals surface area contributed by atoms with Crippen LogP contribution in [-0.2, 0) is 25.3 Å². The molecule has 164 valence electrons. The van der Waals surface area contributed by atoms with Crippen LogP contribution in [0.15, 0.2) is 36.4 Å². The van der Waals surface area contributed by atoms with Crippen LogP contribution >= 0.6 is 0 Å². The Balaban J connectivity index is 2.48. The zero-order valence-corrected chi connectivity index (χ0v) is 20.1. The third kappa shape index (κ3) is 9.61. The lowest BCUT2D eigenvalue weighted by Crippen LogP contribution is -2.41. The van der Waals surface area contributed by atoms with Crippen molar-refractivity contribution in [1.82, 2.24) is 0 Å². The van der Waals surface area contributed by atoms with Crippen molar-refractivity contribution < 1.29 is 23.4 Å². The summed E-state index contributed by atoms with van der Waals surface area (Å²) in [6.45, 7) is 14.4. The maximum Gasteiger partial charge on any atom is 0.306 e. The number of methoxy groups -OCH3 is 1. The molecule has 0 bridgehead atoms. The number of esters is 1. The topological polar surface area (TPSA) is 54.0 Å². The van der Waals surface area contributed by atoms with Crippen molar-refractivity contribution in [2.45, 2.75) is 71.4 Å². The van der Waals surface area contributed by atoms with Crippen molar-refractivity contribution in [3.05, 3.63) is 42.0 Å². The van der Waals surface area contributed by atoms with Gasteiger partial charge >= 0.3 is 5.97 Å². The normalized spacial score (nSPS) is 13.5. The third-order valence-electron chi connectivity index (χ3n) is 5.24. The van der Waals surface area contributed by atoms with E-state index in [1.165, 1.54) is 0 Å². The summed E-state index contributed by atoms with van der Waals surface area (Å²) in [6, 6.07) is 7.79. The van der Waals surface area contributed by atoms with Crippen molar-refractivity contribution in [3.63, 3.8) is 0 Å². The van der Waals surface area contributed by atoms with Gasteiger partial charge in [-0.3, -0.25) is 4.79 Å². The Morgan fingerprint density at radius 1 is 1.17 bits per heavy atom. The van der Waals surface area contributed by atoms with Crippen LogP contribution in [0.3, 0.4) is 0 Å². The summed E-state index contributed by atoms with van der Waals surface area (Å²) in [4.78, 5) is 11.7. The minimum Gasteiger partial charge on any atom is -0.497 e. The first-order chi connectivity index (χ1) is 13.6. The molecule has 0 amide bonds. The highest BCUT2D eigenvalue weighted by molar-refractivity contribution is 6.74. The van der Waals surface area contributed by atoms with Crippen LogP contribution < -0.4 is 4.74 Å². The van der Waals surface area contributed by atoms with Crippen molar-refractivity contribution in [1.29, 1.82) is 0 Å². The minimum absolute atomic E-state index is 0.160. The summed E-state index contributed by atoms with van der Waals surface area (Å²) < 4.78 is 22.6. The largest absolute Gasteiger partial charge is 0.497 e. The quantitative estimate of drug-likeness (QED) is 0.193. The van der Waals surface area contributed by atoms with E-state index in [-0.39, 0.29) is 17.1 Å². The fraction of sp³-hybridized carbons (Fsp3) is 0.609. The Kier molecular flexibility index (Phi) is 10.6. The number of hydrogen-bond acceptors (Lipinski definition) is 5. The molecule has 0 aliphatic rings. The van der Waals surface area contributed by atoms with E-state index in [0.717, 1.165) is 11.3 Å². The second-order valence-corrected chi connectivity index (χ2v) is 13.4. The van der Waals surface area contributed by atoms with Gasteiger partial charge in [-0.1, -0.05) is 45.9 Å². The molecule has 0 aromatic heterocycles. The summed E-state index contributed by atoms with van der Waals surface area (Å²) in [5.74, 6) is 0.625. The molecule has 6 heteroatoms. The summed E-state index contributed by atoms with van der Waals surface area (Å²) in [7, 11) is -0.158. The van der Waals surface area contributed by atoms with Gasteiger partial charge in [-0.25, -0.2) is 0 Å². The zero-order chi connectivity index (χ0) is 21.9. The lowest BCUT2D eigenvalue weighted by atomic mass is 10.2. The Labute approximate surface area is 177 Å². The van der Waals surface area contributed by atoms with E-state index in [1.807, 2.05) is 36.4 Å². The van der Waals surface area contributed by atoms with Crippen LogP contribution in [0.1, 0.15) is 46.1 Å². The van der Waals surface area contributed by atoms with Crippen molar-refractivity contribution >= 4 is 14.3 Å². The fourth-order valence-corrected chi connectivity index (χ4v) is 3.33. The highest BCUT2D eigenvalue weighted by Gasteiger charge is 2.37. The Morgan fingerprint density at radius 3 is 2.38 bits per heavy atom. The average Bonchev–Trinajstić information content (AvgIpc) is 2.66. The SMILES string of the molecule is CCC(=O)O[C@H](/C=C/COCc1ccc(OC)cc1)CCO[Si](C)(C)C(C)(C)C. The number of hydrogen-bond donors (Lipinski definition) is 0. The second-order valence-electron chi connectivity index (χ2n) is 8.57. The number of carbonyl (C=O) groups is 1.